The molecule has 2 nitrogen and oxygen atoms in total. The van der Waals surface area contributed by atoms with Crippen molar-refractivity contribution < 1.29 is 8.85 Å². The van der Waals surface area contributed by atoms with Crippen molar-refractivity contribution in [1.82, 2.24) is 0 Å². The third-order valence-corrected chi connectivity index (χ3v) is 14.8. The molecule has 2 atom stereocenters. The second-order valence-corrected chi connectivity index (χ2v) is 19.4. The van der Waals surface area contributed by atoms with Crippen molar-refractivity contribution in [2.24, 2.45) is 0 Å². The topological polar surface area (TPSA) is 18.5 Å². The predicted molar refractivity (Wildman–Crippen MR) is 114 cm³/mol. The van der Waals surface area contributed by atoms with Gasteiger partial charge in [-0.05, 0) is 49.1 Å². The summed E-state index contributed by atoms with van der Waals surface area (Å²) in [6.07, 6.45) is 5.95. The Morgan fingerprint density at radius 3 is 1.12 bits per heavy atom. The van der Waals surface area contributed by atoms with Gasteiger partial charge in [0, 0.05) is 0 Å². The summed E-state index contributed by atoms with van der Waals surface area (Å²) in [5.74, 6) is 0. The lowest BCUT2D eigenvalue weighted by molar-refractivity contribution is 0.169. The van der Waals surface area contributed by atoms with Gasteiger partial charge in [0.05, 0.1) is 12.2 Å². The largest absolute Gasteiger partial charge is 0.411 e. The maximum Gasteiger partial charge on any atom is 0.192 e. The zero-order valence-electron chi connectivity index (χ0n) is 18.0. The molecule has 0 saturated heterocycles. The Labute approximate surface area is 154 Å². The molecule has 142 valence electrons. The summed E-state index contributed by atoms with van der Waals surface area (Å²) >= 11 is 0. The lowest BCUT2D eigenvalue weighted by Crippen LogP contribution is -2.44. The molecule has 0 aliphatic heterocycles. The quantitative estimate of drug-likeness (QED) is 0.324. The lowest BCUT2D eigenvalue weighted by Gasteiger charge is -2.40. The van der Waals surface area contributed by atoms with Crippen LogP contribution < -0.4 is 0 Å². The van der Waals surface area contributed by atoms with Gasteiger partial charge in [-0.1, -0.05) is 53.7 Å². The fraction of sp³-hybridized carbons (Fsp3) is 0.800. The van der Waals surface area contributed by atoms with E-state index in [1.807, 2.05) is 12.2 Å². The molecule has 0 aromatic heterocycles. The van der Waals surface area contributed by atoms with E-state index in [9.17, 15) is 0 Å². The van der Waals surface area contributed by atoms with Gasteiger partial charge in [-0.15, -0.1) is 13.2 Å². The molecule has 24 heavy (non-hydrogen) atoms. The first-order chi connectivity index (χ1) is 10.6. The lowest BCUT2D eigenvalue weighted by atomic mass is 10.1. The van der Waals surface area contributed by atoms with Crippen LogP contribution in [0.4, 0.5) is 0 Å². The number of hydrogen-bond donors (Lipinski definition) is 0. The summed E-state index contributed by atoms with van der Waals surface area (Å²) in [4.78, 5) is 0. The van der Waals surface area contributed by atoms with E-state index < -0.39 is 16.6 Å². The smallest absolute Gasteiger partial charge is 0.192 e. The van der Waals surface area contributed by atoms with Gasteiger partial charge in [0.1, 0.15) is 0 Å². The van der Waals surface area contributed by atoms with Crippen LogP contribution in [0.15, 0.2) is 25.3 Å². The Hall–Kier alpha value is -0.166. The van der Waals surface area contributed by atoms with Crippen molar-refractivity contribution in [1.29, 1.82) is 0 Å². The fourth-order valence-electron chi connectivity index (χ4n) is 1.89. The maximum absolute atomic E-state index is 6.49. The molecular weight excluding hydrogens is 328 g/mol. The summed E-state index contributed by atoms with van der Waals surface area (Å²) in [5, 5.41) is 0.424. The highest BCUT2D eigenvalue weighted by molar-refractivity contribution is 6.74. The Kier molecular flexibility index (Phi) is 8.42. The van der Waals surface area contributed by atoms with Gasteiger partial charge in [-0.3, -0.25) is 0 Å². The van der Waals surface area contributed by atoms with Crippen LogP contribution in [0, 0.1) is 0 Å². The first kappa shape index (κ1) is 23.8. The molecule has 0 amide bonds. The van der Waals surface area contributed by atoms with Gasteiger partial charge in [0.2, 0.25) is 0 Å². The van der Waals surface area contributed by atoms with E-state index in [4.69, 9.17) is 8.85 Å². The summed E-state index contributed by atoms with van der Waals surface area (Å²) in [7, 11) is -3.55. The normalized spacial score (nSPS) is 16.6. The summed E-state index contributed by atoms with van der Waals surface area (Å²) in [6.45, 7) is 30.8. The monoisotopic (exact) mass is 370 g/mol. The van der Waals surface area contributed by atoms with E-state index in [0.29, 0.717) is 0 Å². The molecule has 0 aliphatic rings. The molecule has 0 aromatic carbocycles. The average molecular weight is 371 g/mol. The number of hydrogen-bond acceptors (Lipinski definition) is 2. The van der Waals surface area contributed by atoms with E-state index in [0.717, 1.165) is 12.8 Å². The molecule has 0 aliphatic carbocycles. The van der Waals surface area contributed by atoms with E-state index in [1.54, 1.807) is 0 Å². The molecule has 0 fully saturated rings. The highest BCUT2D eigenvalue weighted by Crippen LogP contribution is 2.39. The van der Waals surface area contributed by atoms with Crippen LogP contribution >= 0.6 is 0 Å². The SMILES string of the molecule is C=CC(CCC(C=C)O[Si](C)(C)C(C)(C)C)O[Si](C)(C)C(C)(C)C. The van der Waals surface area contributed by atoms with Crippen LogP contribution in [0.1, 0.15) is 54.4 Å². The minimum absolute atomic E-state index is 0.0938. The predicted octanol–water partition coefficient (Wildman–Crippen LogP) is 6.92. The van der Waals surface area contributed by atoms with Crippen molar-refractivity contribution in [3.63, 3.8) is 0 Å². The van der Waals surface area contributed by atoms with Crippen LogP contribution in [0.25, 0.3) is 0 Å². The summed E-state index contributed by atoms with van der Waals surface area (Å²) in [5.41, 5.74) is 0. The average Bonchev–Trinajstić information content (AvgIpc) is 2.38. The standard InChI is InChI=1S/C20H42O2Si2/c1-13-17(21-23(9,10)19(3,4)5)15-16-18(14-2)22-24(11,12)20(6,7)8/h13-14,17-18H,1-2,15-16H2,3-12H3. The Morgan fingerprint density at radius 2 is 0.958 bits per heavy atom. The molecular formula is C20H42O2Si2. The molecule has 0 saturated carbocycles. The highest BCUT2D eigenvalue weighted by atomic mass is 28.4. The van der Waals surface area contributed by atoms with Crippen LogP contribution in [0.2, 0.25) is 36.3 Å². The summed E-state index contributed by atoms with van der Waals surface area (Å²) in [6, 6.07) is 0. The van der Waals surface area contributed by atoms with E-state index in [-0.39, 0.29) is 22.3 Å². The minimum atomic E-state index is -1.78. The molecule has 4 heteroatoms. The van der Waals surface area contributed by atoms with Gasteiger partial charge in [0.15, 0.2) is 16.6 Å². The van der Waals surface area contributed by atoms with Crippen LogP contribution in [0.3, 0.4) is 0 Å². The molecule has 2 unspecified atom stereocenters. The van der Waals surface area contributed by atoms with Crippen molar-refractivity contribution in [3.05, 3.63) is 25.3 Å². The van der Waals surface area contributed by atoms with E-state index in [1.165, 1.54) is 0 Å². The molecule has 0 aromatic rings. The fourth-order valence-corrected chi connectivity index (χ4v) is 4.54. The van der Waals surface area contributed by atoms with Gasteiger partial charge in [-0.25, -0.2) is 0 Å². The zero-order chi connectivity index (χ0) is 19.4. The molecule has 0 rings (SSSR count). The highest BCUT2D eigenvalue weighted by Gasteiger charge is 2.40. The number of rotatable bonds is 9. The third-order valence-electron chi connectivity index (χ3n) is 5.77. The van der Waals surface area contributed by atoms with Gasteiger partial charge < -0.3 is 8.85 Å². The van der Waals surface area contributed by atoms with Crippen molar-refractivity contribution in [3.8, 4) is 0 Å². The minimum Gasteiger partial charge on any atom is -0.411 e. The van der Waals surface area contributed by atoms with Crippen molar-refractivity contribution >= 4 is 16.6 Å². The maximum atomic E-state index is 6.49. The second kappa shape index (κ2) is 8.48. The summed E-state index contributed by atoms with van der Waals surface area (Å²) < 4.78 is 13.0. The third kappa shape index (κ3) is 6.99. The molecule has 0 heterocycles. The molecule has 0 N–H and O–H groups in total. The van der Waals surface area contributed by atoms with Crippen molar-refractivity contribution in [2.45, 2.75) is 103 Å². The van der Waals surface area contributed by atoms with Gasteiger partial charge >= 0.3 is 0 Å². The Balaban J connectivity index is 4.82. The second-order valence-electron chi connectivity index (χ2n) is 9.88. The molecule has 0 radical (unpaired) electrons. The molecule has 0 spiro atoms. The first-order valence-electron chi connectivity index (χ1n) is 9.18. The van der Waals surface area contributed by atoms with Crippen molar-refractivity contribution in [2.75, 3.05) is 0 Å². The van der Waals surface area contributed by atoms with E-state index in [2.05, 4.69) is 80.9 Å². The Bertz CT molecular complexity index is 374. The van der Waals surface area contributed by atoms with Crippen LogP contribution in [-0.2, 0) is 8.85 Å². The Morgan fingerprint density at radius 1 is 0.708 bits per heavy atom. The first-order valence-corrected chi connectivity index (χ1v) is 15.0. The zero-order valence-corrected chi connectivity index (χ0v) is 20.0. The van der Waals surface area contributed by atoms with Crippen LogP contribution in [-0.4, -0.2) is 28.8 Å². The molecule has 0 bridgehead atoms. The van der Waals surface area contributed by atoms with Gasteiger partial charge in [-0.2, -0.15) is 0 Å². The van der Waals surface area contributed by atoms with Gasteiger partial charge in [0.25, 0.3) is 0 Å². The van der Waals surface area contributed by atoms with Crippen LogP contribution in [0.5, 0.6) is 0 Å². The van der Waals surface area contributed by atoms with E-state index >= 15 is 0 Å².